The Kier molecular flexibility index (Phi) is 10.2. The van der Waals surface area contributed by atoms with Gasteiger partial charge in [0.15, 0.2) is 5.78 Å². The normalized spacial score (nSPS) is 25.1. The average molecular weight is 278 g/mol. The van der Waals surface area contributed by atoms with Crippen LogP contribution in [-0.2, 0) is 4.79 Å². The zero-order chi connectivity index (χ0) is 14.5. The first-order chi connectivity index (χ1) is 9.80. The van der Waals surface area contributed by atoms with Crippen molar-refractivity contribution >= 4 is 5.78 Å². The number of Topliss-reactive ketones (excluding diaryl/α,β-unsaturated/α-hetero) is 1. The van der Waals surface area contributed by atoms with E-state index in [1.165, 1.54) is 38.5 Å². The van der Waals surface area contributed by atoms with E-state index in [0.29, 0.717) is 12.8 Å². The summed E-state index contributed by atoms with van der Waals surface area (Å²) in [6, 6.07) is 0. The van der Waals surface area contributed by atoms with Gasteiger partial charge in [-0.15, -0.1) is 0 Å². The third-order valence-electron chi connectivity index (χ3n) is 3.86. The summed E-state index contributed by atoms with van der Waals surface area (Å²) in [5.74, 6) is -0.0100. The van der Waals surface area contributed by atoms with Crippen LogP contribution in [0.5, 0.6) is 0 Å². The van der Waals surface area contributed by atoms with E-state index in [2.05, 4.69) is 24.3 Å². The molecule has 1 aliphatic carbocycles. The summed E-state index contributed by atoms with van der Waals surface area (Å²) >= 11 is 0. The molecule has 2 nitrogen and oxygen atoms in total. The molecule has 1 aliphatic rings. The molecule has 0 aromatic heterocycles. The lowest BCUT2D eigenvalue weighted by Gasteiger charge is -2.07. The number of aliphatic hydroxyl groups is 1. The predicted octanol–water partition coefficient (Wildman–Crippen LogP) is 4.72. The fraction of sp³-hybridized carbons (Fsp3) is 0.722. The molecule has 0 bridgehead atoms. The van der Waals surface area contributed by atoms with Gasteiger partial charge < -0.3 is 5.11 Å². The number of carbonyl (C=O) groups excluding carboxylic acids is 1. The summed E-state index contributed by atoms with van der Waals surface area (Å²) < 4.78 is 0. The fourth-order valence-corrected chi connectivity index (χ4v) is 2.51. The number of allylic oxidation sites excluding steroid dienone is 4. The quantitative estimate of drug-likeness (QED) is 0.651. The summed E-state index contributed by atoms with van der Waals surface area (Å²) in [6.45, 7) is 0. The van der Waals surface area contributed by atoms with Gasteiger partial charge in [0.05, 0.1) is 0 Å². The molecule has 2 heteroatoms. The minimum absolute atomic E-state index is 0.0100. The molecular formula is C18H30O2. The van der Waals surface area contributed by atoms with Gasteiger partial charge in [-0.3, -0.25) is 4.79 Å². The van der Waals surface area contributed by atoms with E-state index in [-0.39, 0.29) is 5.78 Å². The second-order valence-corrected chi connectivity index (χ2v) is 5.74. The number of hydrogen-bond acceptors (Lipinski definition) is 2. The number of carbonyl (C=O) groups is 1. The predicted molar refractivity (Wildman–Crippen MR) is 84.7 cm³/mol. The minimum Gasteiger partial charge on any atom is -0.385 e. The maximum Gasteiger partial charge on any atom is 0.161 e. The van der Waals surface area contributed by atoms with Crippen molar-refractivity contribution in [2.75, 3.05) is 0 Å². The molecule has 0 aliphatic heterocycles. The van der Waals surface area contributed by atoms with Crippen molar-refractivity contribution in [3.8, 4) is 0 Å². The second kappa shape index (κ2) is 11.9. The van der Waals surface area contributed by atoms with Crippen molar-refractivity contribution in [3.05, 3.63) is 24.3 Å². The topological polar surface area (TPSA) is 37.3 Å². The number of hydrogen-bond donors (Lipinski definition) is 1. The van der Waals surface area contributed by atoms with Crippen molar-refractivity contribution in [3.63, 3.8) is 0 Å². The Morgan fingerprint density at radius 1 is 0.750 bits per heavy atom. The van der Waals surface area contributed by atoms with Crippen molar-refractivity contribution < 1.29 is 9.90 Å². The molecule has 114 valence electrons. The van der Waals surface area contributed by atoms with Crippen LogP contribution in [0.4, 0.5) is 0 Å². The van der Waals surface area contributed by atoms with E-state index >= 15 is 0 Å². The van der Waals surface area contributed by atoms with Crippen molar-refractivity contribution in [2.24, 2.45) is 0 Å². The van der Waals surface area contributed by atoms with Crippen LogP contribution in [0.25, 0.3) is 0 Å². The molecule has 0 saturated heterocycles. The van der Waals surface area contributed by atoms with E-state index in [1.807, 2.05) is 0 Å². The Labute approximate surface area is 124 Å². The lowest BCUT2D eigenvalue weighted by atomic mass is 10.0. The van der Waals surface area contributed by atoms with E-state index < -0.39 is 6.10 Å². The molecule has 1 atom stereocenters. The highest BCUT2D eigenvalue weighted by molar-refractivity contribution is 5.82. The maximum atomic E-state index is 11.7. The molecule has 1 N–H and O–H groups in total. The lowest BCUT2D eigenvalue weighted by molar-refractivity contribution is -0.127. The van der Waals surface area contributed by atoms with E-state index in [1.54, 1.807) is 0 Å². The molecule has 0 aromatic carbocycles. The summed E-state index contributed by atoms with van der Waals surface area (Å²) in [5.41, 5.74) is 0. The Hall–Kier alpha value is -0.890. The first-order valence-electron chi connectivity index (χ1n) is 8.31. The first-order valence-corrected chi connectivity index (χ1v) is 8.31. The molecule has 0 heterocycles. The number of ketones is 1. The van der Waals surface area contributed by atoms with Crippen molar-refractivity contribution in [2.45, 2.75) is 83.2 Å². The van der Waals surface area contributed by atoms with Crippen LogP contribution in [0.1, 0.15) is 77.0 Å². The third kappa shape index (κ3) is 9.08. The molecule has 0 fully saturated rings. The first kappa shape index (κ1) is 17.2. The van der Waals surface area contributed by atoms with Gasteiger partial charge in [-0.1, -0.05) is 50.0 Å². The minimum atomic E-state index is -0.771. The Morgan fingerprint density at radius 3 is 1.90 bits per heavy atom. The largest absolute Gasteiger partial charge is 0.385 e. The standard InChI is InChI=1S/C18H30O2/c19-17-15-13-11-9-7-5-3-1-2-4-6-8-10-12-14-16-18(17)20/h9-12,17,19H,1-8,13-16H2. The molecule has 0 saturated carbocycles. The SMILES string of the molecule is O=C1CCC=CCCCCCCCCC=CCCC1O. The van der Waals surface area contributed by atoms with Crippen molar-refractivity contribution in [1.82, 2.24) is 0 Å². The van der Waals surface area contributed by atoms with Gasteiger partial charge >= 0.3 is 0 Å². The van der Waals surface area contributed by atoms with E-state index in [0.717, 1.165) is 25.7 Å². The second-order valence-electron chi connectivity index (χ2n) is 5.74. The fourth-order valence-electron chi connectivity index (χ4n) is 2.51. The van der Waals surface area contributed by atoms with Gasteiger partial charge in [-0.2, -0.15) is 0 Å². The monoisotopic (exact) mass is 278 g/mol. The average Bonchev–Trinajstić information content (AvgIpc) is 2.45. The van der Waals surface area contributed by atoms with E-state index in [4.69, 9.17) is 0 Å². The highest BCUT2D eigenvalue weighted by Gasteiger charge is 2.12. The molecule has 0 spiro atoms. The van der Waals surface area contributed by atoms with Gasteiger partial charge in [-0.05, 0) is 44.9 Å². The highest BCUT2D eigenvalue weighted by Crippen LogP contribution is 2.11. The van der Waals surface area contributed by atoms with E-state index in [9.17, 15) is 9.90 Å². The third-order valence-corrected chi connectivity index (χ3v) is 3.86. The summed E-state index contributed by atoms with van der Waals surface area (Å²) in [4.78, 5) is 11.7. The number of rotatable bonds is 0. The zero-order valence-corrected chi connectivity index (χ0v) is 12.7. The van der Waals surface area contributed by atoms with Crippen LogP contribution >= 0.6 is 0 Å². The van der Waals surface area contributed by atoms with Crippen LogP contribution in [-0.4, -0.2) is 17.0 Å². The highest BCUT2D eigenvalue weighted by atomic mass is 16.3. The van der Waals surface area contributed by atoms with Crippen LogP contribution < -0.4 is 0 Å². The lowest BCUT2D eigenvalue weighted by Crippen LogP contribution is -2.19. The van der Waals surface area contributed by atoms with Gasteiger partial charge in [0, 0.05) is 6.42 Å². The molecule has 0 aromatic rings. The summed E-state index contributed by atoms with van der Waals surface area (Å²) in [7, 11) is 0. The molecule has 0 amide bonds. The molecule has 0 radical (unpaired) electrons. The summed E-state index contributed by atoms with van der Waals surface area (Å²) in [6.07, 6.45) is 20.5. The van der Waals surface area contributed by atoms with Crippen molar-refractivity contribution in [1.29, 1.82) is 0 Å². The Morgan fingerprint density at radius 2 is 1.25 bits per heavy atom. The number of aliphatic hydroxyl groups excluding tert-OH is 1. The molecule has 1 rings (SSSR count). The van der Waals surface area contributed by atoms with Gasteiger partial charge in [0.25, 0.3) is 0 Å². The molecular weight excluding hydrogens is 248 g/mol. The van der Waals surface area contributed by atoms with Crippen LogP contribution in [0.2, 0.25) is 0 Å². The maximum absolute atomic E-state index is 11.7. The summed E-state index contributed by atoms with van der Waals surface area (Å²) in [5, 5.41) is 9.76. The van der Waals surface area contributed by atoms with Gasteiger partial charge in [0.2, 0.25) is 0 Å². The smallest absolute Gasteiger partial charge is 0.161 e. The van der Waals surface area contributed by atoms with Crippen LogP contribution in [0, 0.1) is 0 Å². The Balaban J connectivity index is 2.33. The Bertz CT molecular complexity index is 305. The molecule has 1 unspecified atom stereocenters. The van der Waals surface area contributed by atoms with Crippen LogP contribution in [0.3, 0.4) is 0 Å². The van der Waals surface area contributed by atoms with Crippen LogP contribution in [0.15, 0.2) is 24.3 Å². The zero-order valence-electron chi connectivity index (χ0n) is 12.7. The van der Waals surface area contributed by atoms with Gasteiger partial charge in [-0.25, -0.2) is 0 Å². The van der Waals surface area contributed by atoms with Gasteiger partial charge in [0.1, 0.15) is 6.10 Å². The molecule has 20 heavy (non-hydrogen) atoms.